The molecule has 172 valence electrons. The molecule has 0 N–H and O–H groups in total. The van der Waals surface area contributed by atoms with Crippen LogP contribution in [0.5, 0.6) is 11.5 Å². The van der Waals surface area contributed by atoms with Crippen molar-refractivity contribution in [1.82, 2.24) is 4.31 Å². The lowest BCUT2D eigenvalue weighted by molar-refractivity contribution is 0.0600. The van der Waals surface area contributed by atoms with Crippen molar-refractivity contribution in [2.75, 3.05) is 20.8 Å². The van der Waals surface area contributed by atoms with Crippen LogP contribution in [0.3, 0.4) is 0 Å². The van der Waals surface area contributed by atoms with E-state index >= 15 is 0 Å². The zero-order valence-electron chi connectivity index (χ0n) is 18.6. The third kappa shape index (κ3) is 4.78. The first-order chi connectivity index (χ1) is 15.2. The molecule has 1 fully saturated rings. The Balaban J connectivity index is 1.90. The second-order valence-corrected chi connectivity index (χ2v) is 9.57. The largest absolute Gasteiger partial charge is 0.493 e. The van der Waals surface area contributed by atoms with Crippen LogP contribution in [0.15, 0.2) is 41.3 Å². The van der Waals surface area contributed by atoms with Crippen LogP contribution in [0.2, 0.25) is 0 Å². The Bertz CT molecular complexity index is 1130. The van der Waals surface area contributed by atoms with Gasteiger partial charge in [-0.25, -0.2) is 18.0 Å². The van der Waals surface area contributed by atoms with Crippen molar-refractivity contribution in [3.63, 3.8) is 0 Å². The number of piperidine rings is 1. The number of esters is 2. The standard InChI is InChI=1S/C23H27NO7S/c1-15-8-10-18(32(27,28)24-12-6-5-7-16(24)2)14-19(15)23(26)31-20-11-9-17(22(25)30-4)13-21(20)29-3/h8-11,13-14,16H,5-7,12H2,1-4H3. The fraction of sp³-hybridized carbons (Fsp3) is 0.391. The smallest absolute Gasteiger partial charge is 0.343 e. The number of benzene rings is 2. The van der Waals surface area contributed by atoms with Gasteiger partial charge in [-0.2, -0.15) is 4.31 Å². The first-order valence-electron chi connectivity index (χ1n) is 10.3. The summed E-state index contributed by atoms with van der Waals surface area (Å²) in [6.45, 7) is 4.05. The zero-order valence-corrected chi connectivity index (χ0v) is 19.4. The highest BCUT2D eigenvalue weighted by Crippen LogP contribution is 2.31. The number of carbonyl (C=O) groups is 2. The topological polar surface area (TPSA) is 99.2 Å². The number of ether oxygens (including phenoxy) is 3. The number of hydrogen-bond donors (Lipinski definition) is 0. The van der Waals surface area contributed by atoms with Crippen molar-refractivity contribution >= 4 is 22.0 Å². The van der Waals surface area contributed by atoms with Crippen LogP contribution in [0, 0.1) is 6.92 Å². The highest BCUT2D eigenvalue weighted by atomic mass is 32.2. The van der Waals surface area contributed by atoms with Crippen molar-refractivity contribution < 1.29 is 32.2 Å². The maximum absolute atomic E-state index is 13.2. The predicted molar refractivity (Wildman–Crippen MR) is 118 cm³/mol. The lowest BCUT2D eigenvalue weighted by Crippen LogP contribution is -2.41. The van der Waals surface area contributed by atoms with Crippen LogP contribution in [0.1, 0.15) is 52.5 Å². The number of carbonyl (C=O) groups excluding carboxylic acids is 2. The van der Waals surface area contributed by atoms with Gasteiger partial charge in [0.15, 0.2) is 11.5 Å². The van der Waals surface area contributed by atoms with E-state index in [9.17, 15) is 18.0 Å². The molecule has 1 unspecified atom stereocenters. The monoisotopic (exact) mass is 461 g/mol. The number of sulfonamides is 1. The molecular formula is C23H27NO7S. The van der Waals surface area contributed by atoms with Crippen molar-refractivity contribution in [3.8, 4) is 11.5 Å². The molecule has 0 bridgehead atoms. The van der Waals surface area contributed by atoms with Gasteiger partial charge in [0.2, 0.25) is 10.0 Å². The van der Waals surface area contributed by atoms with E-state index < -0.39 is 22.0 Å². The number of rotatable bonds is 6. The van der Waals surface area contributed by atoms with Gasteiger partial charge in [0.05, 0.1) is 30.2 Å². The number of nitrogens with zero attached hydrogens (tertiary/aromatic N) is 1. The Morgan fingerprint density at radius 2 is 1.75 bits per heavy atom. The average molecular weight is 462 g/mol. The SMILES string of the molecule is COC(=O)c1ccc(OC(=O)c2cc(S(=O)(=O)N3CCCCC3C)ccc2C)c(OC)c1. The fourth-order valence-corrected chi connectivity index (χ4v) is 5.42. The Morgan fingerprint density at radius 3 is 2.41 bits per heavy atom. The summed E-state index contributed by atoms with van der Waals surface area (Å²) in [6.07, 6.45) is 2.61. The summed E-state index contributed by atoms with van der Waals surface area (Å²) in [4.78, 5) is 24.7. The summed E-state index contributed by atoms with van der Waals surface area (Å²) in [6, 6.07) is 8.63. The molecule has 0 aliphatic carbocycles. The molecule has 0 amide bonds. The van der Waals surface area contributed by atoms with E-state index in [2.05, 4.69) is 4.74 Å². The molecule has 1 saturated heterocycles. The average Bonchev–Trinajstić information content (AvgIpc) is 2.79. The lowest BCUT2D eigenvalue weighted by atomic mass is 10.1. The number of hydrogen-bond acceptors (Lipinski definition) is 7. The quantitative estimate of drug-likeness (QED) is 0.479. The minimum atomic E-state index is -3.74. The van der Waals surface area contributed by atoms with Crippen molar-refractivity contribution in [3.05, 3.63) is 53.1 Å². The minimum Gasteiger partial charge on any atom is -0.493 e. The summed E-state index contributed by atoms with van der Waals surface area (Å²) in [5.41, 5.74) is 0.949. The van der Waals surface area contributed by atoms with Gasteiger partial charge in [-0.05, 0) is 62.6 Å². The molecule has 8 nitrogen and oxygen atoms in total. The summed E-state index contributed by atoms with van der Waals surface area (Å²) in [5, 5.41) is 0. The van der Waals surface area contributed by atoms with Gasteiger partial charge in [-0.15, -0.1) is 0 Å². The molecule has 32 heavy (non-hydrogen) atoms. The Labute approximate surface area is 188 Å². The molecule has 9 heteroatoms. The molecule has 0 spiro atoms. The van der Waals surface area contributed by atoms with Crippen LogP contribution in [0.4, 0.5) is 0 Å². The van der Waals surface area contributed by atoms with E-state index in [0.29, 0.717) is 12.1 Å². The maximum Gasteiger partial charge on any atom is 0.343 e. The minimum absolute atomic E-state index is 0.0526. The normalized spacial score (nSPS) is 16.9. The lowest BCUT2D eigenvalue weighted by Gasteiger charge is -2.32. The second-order valence-electron chi connectivity index (χ2n) is 7.68. The first-order valence-corrected chi connectivity index (χ1v) is 11.7. The van der Waals surface area contributed by atoms with E-state index in [4.69, 9.17) is 9.47 Å². The summed E-state index contributed by atoms with van der Waals surface area (Å²) < 4.78 is 43.2. The molecular weight excluding hydrogens is 434 g/mol. The fourth-order valence-electron chi connectivity index (χ4n) is 3.70. The molecule has 1 heterocycles. The third-order valence-corrected chi connectivity index (χ3v) is 7.57. The summed E-state index contributed by atoms with van der Waals surface area (Å²) >= 11 is 0. The Morgan fingerprint density at radius 1 is 1.00 bits per heavy atom. The van der Waals surface area contributed by atoms with E-state index in [1.54, 1.807) is 13.0 Å². The van der Waals surface area contributed by atoms with Crippen LogP contribution in [-0.4, -0.2) is 51.5 Å². The molecule has 0 radical (unpaired) electrons. The van der Waals surface area contributed by atoms with E-state index in [1.807, 2.05) is 6.92 Å². The van der Waals surface area contributed by atoms with Crippen LogP contribution >= 0.6 is 0 Å². The van der Waals surface area contributed by atoms with Gasteiger partial charge in [-0.3, -0.25) is 0 Å². The van der Waals surface area contributed by atoms with Crippen molar-refractivity contribution in [1.29, 1.82) is 0 Å². The zero-order chi connectivity index (χ0) is 23.5. The number of aryl methyl sites for hydroxylation is 1. The van der Waals surface area contributed by atoms with Crippen molar-refractivity contribution in [2.24, 2.45) is 0 Å². The predicted octanol–water partition coefficient (Wildman–Crippen LogP) is 3.57. The second kappa shape index (κ2) is 9.70. The van der Waals surface area contributed by atoms with Gasteiger partial charge in [0.1, 0.15) is 0 Å². The number of methoxy groups -OCH3 is 2. The van der Waals surface area contributed by atoms with Crippen molar-refractivity contribution in [2.45, 2.75) is 44.0 Å². The van der Waals surface area contributed by atoms with Crippen LogP contribution in [0.25, 0.3) is 0 Å². The van der Waals surface area contributed by atoms with E-state index in [0.717, 1.165) is 19.3 Å². The third-order valence-electron chi connectivity index (χ3n) is 5.56. The molecule has 2 aromatic rings. The Kier molecular flexibility index (Phi) is 7.20. The van der Waals surface area contributed by atoms with E-state index in [-0.39, 0.29) is 33.6 Å². The molecule has 1 atom stereocenters. The van der Waals surface area contributed by atoms with Gasteiger partial charge in [-0.1, -0.05) is 12.5 Å². The molecule has 1 aliphatic rings. The first kappa shape index (κ1) is 23.7. The summed E-state index contributed by atoms with van der Waals surface area (Å²) in [7, 11) is -1.10. The molecule has 1 aliphatic heterocycles. The highest BCUT2D eigenvalue weighted by molar-refractivity contribution is 7.89. The van der Waals surface area contributed by atoms with Gasteiger partial charge >= 0.3 is 11.9 Å². The van der Waals surface area contributed by atoms with E-state index in [1.165, 1.54) is 48.9 Å². The van der Waals surface area contributed by atoms with Gasteiger partial charge in [0, 0.05) is 12.6 Å². The molecule has 0 saturated carbocycles. The Hall–Kier alpha value is -2.91. The van der Waals surface area contributed by atoms with Gasteiger partial charge < -0.3 is 14.2 Å². The maximum atomic E-state index is 13.2. The molecule has 0 aromatic heterocycles. The highest BCUT2D eigenvalue weighted by Gasteiger charge is 2.31. The van der Waals surface area contributed by atoms with Crippen LogP contribution < -0.4 is 9.47 Å². The molecule has 2 aromatic carbocycles. The molecule has 3 rings (SSSR count). The van der Waals surface area contributed by atoms with Gasteiger partial charge in [0.25, 0.3) is 0 Å². The summed E-state index contributed by atoms with van der Waals surface area (Å²) in [5.74, 6) is -1.01. The van der Waals surface area contributed by atoms with Crippen LogP contribution in [-0.2, 0) is 14.8 Å².